The highest BCUT2D eigenvalue weighted by atomic mass is 16.5. The van der Waals surface area contributed by atoms with Gasteiger partial charge in [0.1, 0.15) is 6.10 Å². The van der Waals surface area contributed by atoms with E-state index in [-0.39, 0.29) is 18.1 Å². The molecule has 1 rings (SSSR count). The number of hydrogen-bond acceptors (Lipinski definition) is 5. The van der Waals surface area contributed by atoms with Crippen LogP contribution in [0, 0.1) is 0 Å². The van der Waals surface area contributed by atoms with Crippen molar-refractivity contribution in [2.45, 2.75) is 65.4 Å². The van der Waals surface area contributed by atoms with E-state index in [0.717, 1.165) is 12.8 Å². The number of esters is 1. The molecule has 0 aliphatic heterocycles. The van der Waals surface area contributed by atoms with Crippen molar-refractivity contribution >= 4 is 23.3 Å². The maximum atomic E-state index is 12.3. The third-order valence-corrected chi connectivity index (χ3v) is 4.03. The van der Waals surface area contributed by atoms with Crippen molar-refractivity contribution in [3.8, 4) is 0 Å². The summed E-state index contributed by atoms with van der Waals surface area (Å²) in [6.07, 6.45) is 6.38. The number of nitrogens with one attached hydrogen (secondary N) is 1. The maximum absolute atomic E-state index is 12.3. The molecule has 146 valence electrons. The summed E-state index contributed by atoms with van der Waals surface area (Å²) in [5.41, 5.74) is 6.83. The molecule has 0 aliphatic carbocycles. The second-order valence-corrected chi connectivity index (χ2v) is 6.30. The van der Waals surface area contributed by atoms with Crippen LogP contribution in [0.15, 0.2) is 18.2 Å². The fourth-order valence-electron chi connectivity index (χ4n) is 2.50. The van der Waals surface area contributed by atoms with Gasteiger partial charge in [-0.05, 0) is 38.5 Å². The quantitative estimate of drug-likeness (QED) is 0.330. The van der Waals surface area contributed by atoms with Gasteiger partial charge < -0.3 is 20.5 Å². The summed E-state index contributed by atoms with van der Waals surface area (Å²) in [6, 6.07) is 4.69. The lowest BCUT2D eigenvalue weighted by molar-refractivity contribution is -0.126. The van der Waals surface area contributed by atoms with Crippen molar-refractivity contribution in [2.24, 2.45) is 0 Å². The first kappa shape index (κ1) is 22.0. The molecule has 6 heteroatoms. The number of ether oxygens (including phenoxy) is 2. The normalized spacial score (nSPS) is 11.8. The van der Waals surface area contributed by atoms with Gasteiger partial charge in [-0.1, -0.05) is 39.0 Å². The molecule has 0 saturated heterocycles. The zero-order valence-electron chi connectivity index (χ0n) is 16.2. The first-order valence-electron chi connectivity index (χ1n) is 9.48. The average Bonchev–Trinajstić information content (AvgIpc) is 2.61. The number of amides is 1. The fourth-order valence-corrected chi connectivity index (χ4v) is 2.50. The molecule has 1 unspecified atom stereocenters. The standard InChI is InChI=1S/C20H32N2O4/c1-4-6-7-8-9-10-13-26-15(3)19(23)22-18-14-16(21)11-12-17(18)20(24)25-5-2/h11-12,14-15H,4-10,13,21H2,1-3H3,(H,22,23). The molecule has 1 aromatic carbocycles. The number of carbonyl (C=O) groups excluding carboxylic acids is 2. The van der Waals surface area contributed by atoms with Crippen LogP contribution < -0.4 is 11.1 Å². The van der Waals surface area contributed by atoms with Crippen LogP contribution >= 0.6 is 0 Å². The summed E-state index contributed by atoms with van der Waals surface area (Å²) in [5.74, 6) is -0.810. The summed E-state index contributed by atoms with van der Waals surface area (Å²) >= 11 is 0. The monoisotopic (exact) mass is 364 g/mol. The Hall–Kier alpha value is -2.08. The van der Waals surface area contributed by atoms with Gasteiger partial charge in [0.15, 0.2) is 0 Å². The fraction of sp³-hybridized carbons (Fsp3) is 0.600. The van der Waals surface area contributed by atoms with Gasteiger partial charge in [0.05, 0.1) is 17.9 Å². The molecule has 1 aromatic rings. The van der Waals surface area contributed by atoms with E-state index in [4.69, 9.17) is 15.2 Å². The number of nitrogens with two attached hydrogens (primary N) is 1. The number of unbranched alkanes of at least 4 members (excludes halogenated alkanes) is 5. The van der Waals surface area contributed by atoms with E-state index in [2.05, 4.69) is 12.2 Å². The molecule has 0 aromatic heterocycles. The van der Waals surface area contributed by atoms with E-state index in [1.165, 1.54) is 25.7 Å². The number of anilines is 2. The Morgan fingerprint density at radius 2 is 1.81 bits per heavy atom. The Labute approximate surface area is 156 Å². The first-order valence-corrected chi connectivity index (χ1v) is 9.48. The SMILES string of the molecule is CCCCCCCCOC(C)C(=O)Nc1cc(N)ccc1C(=O)OCC. The molecule has 0 fully saturated rings. The second kappa shape index (κ2) is 12.3. The highest BCUT2D eigenvalue weighted by molar-refractivity contribution is 6.03. The van der Waals surface area contributed by atoms with Gasteiger partial charge in [-0.15, -0.1) is 0 Å². The van der Waals surface area contributed by atoms with Crippen molar-refractivity contribution in [1.29, 1.82) is 0 Å². The van der Waals surface area contributed by atoms with Gasteiger partial charge in [0, 0.05) is 12.3 Å². The Balaban J connectivity index is 2.50. The zero-order chi connectivity index (χ0) is 19.4. The number of hydrogen-bond donors (Lipinski definition) is 2. The zero-order valence-corrected chi connectivity index (χ0v) is 16.2. The Morgan fingerprint density at radius 1 is 1.12 bits per heavy atom. The highest BCUT2D eigenvalue weighted by Crippen LogP contribution is 2.21. The van der Waals surface area contributed by atoms with Crippen LogP contribution in [0.1, 0.15) is 69.7 Å². The van der Waals surface area contributed by atoms with E-state index in [1.54, 1.807) is 32.0 Å². The molecule has 1 atom stereocenters. The lowest BCUT2D eigenvalue weighted by Gasteiger charge is -2.15. The molecule has 0 saturated carbocycles. The third-order valence-electron chi connectivity index (χ3n) is 4.03. The van der Waals surface area contributed by atoms with E-state index in [1.807, 2.05) is 0 Å². The van der Waals surface area contributed by atoms with Crippen molar-refractivity contribution in [3.05, 3.63) is 23.8 Å². The minimum absolute atomic E-state index is 0.258. The smallest absolute Gasteiger partial charge is 0.340 e. The summed E-state index contributed by atoms with van der Waals surface area (Å²) < 4.78 is 10.6. The van der Waals surface area contributed by atoms with Gasteiger partial charge in [-0.2, -0.15) is 0 Å². The molecular weight excluding hydrogens is 332 g/mol. The van der Waals surface area contributed by atoms with Crippen molar-refractivity contribution < 1.29 is 19.1 Å². The topological polar surface area (TPSA) is 90.6 Å². The number of rotatable bonds is 12. The Morgan fingerprint density at radius 3 is 2.50 bits per heavy atom. The van der Waals surface area contributed by atoms with Crippen LogP contribution in [-0.4, -0.2) is 31.2 Å². The van der Waals surface area contributed by atoms with Crippen LogP contribution in [0.5, 0.6) is 0 Å². The number of carbonyl (C=O) groups is 2. The molecule has 0 heterocycles. The van der Waals surface area contributed by atoms with Gasteiger partial charge in [-0.25, -0.2) is 4.79 Å². The van der Waals surface area contributed by atoms with Gasteiger partial charge in [0.2, 0.25) is 0 Å². The van der Waals surface area contributed by atoms with Crippen LogP contribution in [0.3, 0.4) is 0 Å². The van der Waals surface area contributed by atoms with Crippen molar-refractivity contribution in [1.82, 2.24) is 0 Å². The lowest BCUT2D eigenvalue weighted by atomic mass is 10.1. The number of benzene rings is 1. The first-order chi connectivity index (χ1) is 12.5. The van der Waals surface area contributed by atoms with E-state index in [0.29, 0.717) is 18.0 Å². The summed E-state index contributed by atoms with van der Waals surface area (Å²) in [4.78, 5) is 24.3. The highest BCUT2D eigenvalue weighted by Gasteiger charge is 2.18. The van der Waals surface area contributed by atoms with Gasteiger partial charge >= 0.3 is 5.97 Å². The summed E-state index contributed by atoms with van der Waals surface area (Å²) in [6.45, 7) is 6.42. The van der Waals surface area contributed by atoms with Crippen LogP contribution in [-0.2, 0) is 14.3 Å². The third kappa shape index (κ3) is 7.87. The Bertz CT molecular complexity index is 575. The van der Waals surface area contributed by atoms with Crippen molar-refractivity contribution in [2.75, 3.05) is 24.3 Å². The average molecular weight is 364 g/mol. The lowest BCUT2D eigenvalue weighted by Crippen LogP contribution is -2.29. The van der Waals surface area contributed by atoms with E-state index in [9.17, 15) is 9.59 Å². The molecule has 0 bridgehead atoms. The van der Waals surface area contributed by atoms with Crippen LogP contribution in [0.2, 0.25) is 0 Å². The van der Waals surface area contributed by atoms with Crippen molar-refractivity contribution in [3.63, 3.8) is 0 Å². The van der Waals surface area contributed by atoms with E-state index < -0.39 is 12.1 Å². The molecule has 0 aliphatic rings. The van der Waals surface area contributed by atoms with Crippen LogP contribution in [0.4, 0.5) is 11.4 Å². The Kier molecular flexibility index (Phi) is 10.4. The predicted octanol–water partition coefficient (Wildman–Crippen LogP) is 4.15. The molecule has 3 N–H and O–H groups in total. The molecule has 0 spiro atoms. The predicted molar refractivity (Wildman–Crippen MR) is 104 cm³/mol. The molecule has 1 amide bonds. The molecule has 6 nitrogen and oxygen atoms in total. The number of nitrogen functional groups attached to an aromatic ring is 1. The second-order valence-electron chi connectivity index (χ2n) is 6.30. The van der Waals surface area contributed by atoms with E-state index >= 15 is 0 Å². The summed E-state index contributed by atoms with van der Waals surface area (Å²) in [7, 11) is 0. The minimum atomic E-state index is -0.609. The van der Waals surface area contributed by atoms with Gasteiger partial charge in [0.25, 0.3) is 5.91 Å². The maximum Gasteiger partial charge on any atom is 0.340 e. The largest absolute Gasteiger partial charge is 0.462 e. The minimum Gasteiger partial charge on any atom is -0.462 e. The molecule has 26 heavy (non-hydrogen) atoms. The van der Waals surface area contributed by atoms with Crippen LogP contribution in [0.25, 0.3) is 0 Å². The summed E-state index contributed by atoms with van der Waals surface area (Å²) in [5, 5.41) is 2.71. The van der Waals surface area contributed by atoms with Gasteiger partial charge in [-0.3, -0.25) is 4.79 Å². The molecule has 0 radical (unpaired) electrons. The molecular formula is C20H32N2O4.